The summed E-state index contributed by atoms with van der Waals surface area (Å²) in [7, 11) is 1.73. The summed E-state index contributed by atoms with van der Waals surface area (Å²) in [6.07, 6.45) is -3.92. The fourth-order valence-electron chi connectivity index (χ4n) is 4.41. The summed E-state index contributed by atoms with van der Waals surface area (Å²) in [5, 5.41) is 9.68. The summed E-state index contributed by atoms with van der Waals surface area (Å²) in [6, 6.07) is 18.1. The van der Waals surface area contributed by atoms with Crippen LogP contribution in [-0.4, -0.2) is 36.1 Å². The lowest BCUT2D eigenvalue weighted by molar-refractivity contribution is -0.138. The quantitative estimate of drug-likeness (QED) is 0.429. The van der Waals surface area contributed by atoms with Crippen molar-refractivity contribution in [3.05, 3.63) is 94.0 Å². The normalized spacial score (nSPS) is 17.7. The highest BCUT2D eigenvalue weighted by atomic mass is 35.5. The molecule has 3 aromatic rings. The van der Waals surface area contributed by atoms with E-state index in [0.29, 0.717) is 29.1 Å². The largest absolute Gasteiger partial charge is 0.480 e. The first-order chi connectivity index (χ1) is 16.1. The second kappa shape index (κ2) is 9.41. The molecule has 0 aliphatic carbocycles. The molecule has 4 nitrogen and oxygen atoms in total. The zero-order valence-electron chi connectivity index (χ0n) is 18.4. The average Bonchev–Trinajstić information content (AvgIpc) is 3.16. The Morgan fingerprint density at radius 3 is 2.47 bits per heavy atom. The summed E-state index contributed by atoms with van der Waals surface area (Å²) < 4.78 is 45.9. The zero-order valence-corrected chi connectivity index (χ0v) is 19.2. The Hall–Kier alpha value is -2.87. The molecular formula is C26H23ClF3NO3. The molecule has 3 aromatic carbocycles. The molecule has 8 heteroatoms. The molecule has 1 heterocycles. The van der Waals surface area contributed by atoms with Gasteiger partial charge in [-0.3, -0.25) is 9.69 Å². The lowest BCUT2D eigenvalue weighted by Gasteiger charge is -2.32. The number of benzene rings is 3. The standard InChI is InChI=1S/C26H23ClF3NO3/c1-31(15-24(32)33)12-11-25(20-6-8-22(27)9-7-20)23-10-5-18(13-19(23)16-34-25)17-3-2-4-21(14-17)26(28,29)30/h2-10,13-14H,11-12,15-16H2,1H3,(H,32,33). The number of halogens is 4. The van der Waals surface area contributed by atoms with Crippen LogP contribution >= 0.6 is 11.6 Å². The number of carbonyl (C=O) groups is 1. The lowest BCUT2D eigenvalue weighted by atomic mass is 9.82. The van der Waals surface area contributed by atoms with Crippen LogP contribution in [0.25, 0.3) is 11.1 Å². The van der Waals surface area contributed by atoms with Crippen LogP contribution in [-0.2, 0) is 27.9 Å². The third kappa shape index (κ3) is 4.97. The van der Waals surface area contributed by atoms with Gasteiger partial charge in [-0.05, 0) is 71.6 Å². The van der Waals surface area contributed by atoms with Crippen molar-refractivity contribution in [1.29, 1.82) is 0 Å². The van der Waals surface area contributed by atoms with E-state index in [0.717, 1.165) is 28.8 Å². The molecule has 1 aliphatic heterocycles. The molecule has 0 saturated heterocycles. The van der Waals surface area contributed by atoms with E-state index in [1.165, 1.54) is 6.07 Å². The maximum atomic E-state index is 13.2. The van der Waals surface area contributed by atoms with E-state index in [1.54, 1.807) is 36.2 Å². The van der Waals surface area contributed by atoms with Gasteiger partial charge in [0, 0.05) is 11.6 Å². The second-order valence-corrected chi connectivity index (χ2v) is 8.89. The van der Waals surface area contributed by atoms with Gasteiger partial charge in [0.15, 0.2) is 0 Å². The number of fused-ring (bicyclic) bond motifs is 1. The van der Waals surface area contributed by atoms with E-state index in [1.807, 2.05) is 24.3 Å². The molecule has 4 rings (SSSR count). The van der Waals surface area contributed by atoms with Gasteiger partial charge in [0.1, 0.15) is 5.60 Å². The SMILES string of the molecule is CN(CCC1(c2ccc(Cl)cc2)OCc2cc(-c3cccc(C(F)(F)F)c3)ccc21)CC(=O)O. The average molecular weight is 490 g/mol. The first-order valence-corrected chi connectivity index (χ1v) is 11.1. The molecular weight excluding hydrogens is 467 g/mol. The first kappa shape index (κ1) is 24.3. The third-order valence-corrected chi connectivity index (χ3v) is 6.35. The van der Waals surface area contributed by atoms with Gasteiger partial charge >= 0.3 is 12.1 Å². The Morgan fingerprint density at radius 2 is 1.79 bits per heavy atom. The summed E-state index contributed by atoms with van der Waals surface area (Å²) >= 11 is 6.09. The van der Waals surface area contributed by atoms with Crippen molar-refractivity contribution >= 4 is 17.6 Å². The van der Waals surface area contributed by atoms with Crippen LogP contribution < -0.4 is 0 Å². The Labute approximate surface area is 200 Å². The first-order valence-electron chi connectivity index (χ1n) is 10.7. The Morgan fingerprint density at radius 1 is 1.09 bits per heavy atom. The highest BCUT2D eigenvalue weighted by Crippen LogP contribution is 2.46. The highest BCUT2D eigenvalue weighted by molar-refractivity contribution is 6.30. The molecule has 0 saturated carbocycles. The smallest absolute Gasteiger partial charge is 0.416 e. The number of hydrogen-bond donors (Lipinski definition) is 1. The van der Waals surface area contributed by atoms with Crippen molar-refractivity contribution in [3.8, 4) is 11.1 Å². The van der Waals surface area contributed by atoms with Gasteiger partial charge in [0.2, 0.25) is 0 Å². The summed E-state index contributed by atoms with van der Waals surface area (Å²) in [6.45, 7) is 0.648. The van der Waals surface area contributed by atoms with Crippen molar-refractivity contribution < 1.29 is 27.8 Å². The van der Waals surface area contributed by atoms with E-state index in [9.17, 15) is 18.0 Å². The highest BCUT2D eigenvalue weighted by Gasteiger charge is 2.42. The number of likely N-dealkylation sites (N-methyl/N-ethyl adjacent to an activating group) is 1. The van der Waals surface area contributed by atoms with Gasteiger partial charge in [-0.1, -0.05) is 48.0 Å². The monoisotopic (exact) mass is 489 g/mol. The van der Waals surface area contributed by atoms with Crippen LogP contribution in [0.3, 0.4) is 0 Å². The number of hydrogen-bond acceptors (Lipinski definition) is 3. The number of carboxylic acids is 1. The number of ether oxygens (including phenoxy) is 1. The Kier molecular flexibility index (Phi) is 6.71. The van der Waals surface area contributed by atoms with Crippen LogP contribution in [0, 0.1) is 0 Å². The molecule has 0 amide bonds. The molecule has 0 spiro atoms. The number of aliphatic carboxylic acids is 1. The maximum Gasteiger partial charge on any atom is 0.416 e. The molecule has 1 aliphatic rings. The van der Waals surface area contributed by atoms with Gasteiger partial charge < -0.3 is 9.84 Å². The van der Waals surface area contributed by atoms with Crippen molar-refractivity contribution in [1.82, 2.24) is 4.90 Å². The van der Waals surface area contributed by atoms with E-state index in [2.05, 4.69) is 0 Å². The van der Waals surface area contributed by atoms with Crippen LogP contribution in [0.15, 0.2) is 66.7 Å². The number of alkyl halides is 3. The second-order valence-electron chi connectivity index (χ2n) is 8.45. The van der Waals surface area contributed by atoms with Gasteiger partial charge in [-0.25, -0.2) is 0 Å². The summed E-state index contributed by atoms with van der Waals surface area (Å²) in [5.74, 6) is -0.915. The Bertz CT molecular complexity index is 1200. The van der Waals surface area contributed by atoms with E-state index in [4.69, 9.17) is 21.4 Å². The topological polar surface area (TPSA) is 49.8 Å². The van der Waals surface area contributed by atoms with Crippen molar-refractivity contribution in [2.24, 2.45) is 0 Å². The number of nitrogens with zero attached hydrogens (tertiary/aromatic N) is 1. The molecule has 1 unspecified atom stereocenters. The minimum Gasteiger partial charge on any atom is -0.480 e. The van der Waals surface area contributed by atoms with Gasteiger partial charge in [0.25, 0.3) is 0 Å². The lowest BCUT2D eigenvalue weighted by Crippen LogP contribution is -2.34. The molecule has 0 aromatic heterocycles. The molecule has 0 bridgehead atoms. The van der Waals surface area contributed by atoms with E-state index in [-0.39, 0.29) is 13.2 Å². The third-order valence-electron chi connectivity index (χ3n) is 6.10. The zero-order chi connectivity index (χ0) is 24.5. The van der Waals surface area contributed by atoms with E-state index >= 15 is 0 Å². The fraction of sp³-hybridized carbons (Fsp3) is 0.269. The fourth-order valence-corrected chi connectivity index (χ4v) is 4.53. The molecule has 0 radical (unpaired) electrons. The summed E-state index contributed by atoms with van der Waals surface area (Å²) in [5.41, 5.74) is 2.30. The van der Waals surface area contributed by atoms with Gasteiger partial charge in [-0.2, -0.15) is 13.2 Å². The number of rotatable bonds is 7. The minimum atomic E-state index is -4.42. The molecule has 1 atom stereocenters. The van der Waals surface area contributed by atoms with Crippen molar-refractivity contribution in [2.45, 2.75) is 24.8 Å². The molecule has 178 valence electrons. The van der Waals surface area contributed by atoms with Crippen LogP contribution in [0.2, 0.25) is 5.02 Å². The van der Waals surface area contributed by atoms with Crippen LogP contribution in [0.5, 0.6) is 0 Å². The maximum absolute atomic E-state index is 13.2. The van der Waals surface area contributed by atoms with Gasteiger partial charge in [-0.15, -0.1) is 0 Å². The number of carboxylic acid groups (broad SMARTS) is 1. The van der Waals surface area contributed by atoms with Gasteiger partial charge in [0.05, 0.1) is 18.7 Å². The van der Waals surface area contributed by atoms with Crippen LogP contribution in [0.1, 0.15) is 28.7 Å². The van der Waals surface area contributed by atoms with E-state index < -0.39 is 23.3 Å². The molecule has 34 heavy (non-hydrogen) atoms. The Balaban J connectivity index is 1.72. The predicted octanol–water partition coefficient (Wildman–Crippen LogP) is 6.21. The molecule has 1 N–H and O–H groups in total. The minimum absolute atomic E-state index is 0.0992. The van der Waals surface area contributed by atoms with Crippen LogP contribution in [0.4, 0.5) is 13.2 Å². The predicted molar refractivity (Wildman–Crippen MR) is 124 cm³/mol. The van der Waals surface area contributed by atoms with Crippen molar-refractivity contribution in [2.75, 3.05) is 20.1 Å². The molecule has 0 fully saturated rings. The summed E-state index contributed by atoms with van der Waals surface area (Å²) in [4.78, 5) is 12.8. The van der Waals surface area contributed by atoms with Crippen molar-refractivity contribution in [3.63, 3.8) is 0 Å².